The Morgan fingerprint density at radius 2 is 1.63 bits per heavy atom. The molecule has 0 aliphatic rings. The lowest BCUT2D eigenvalue weighted by Gasteiger charge is -2.37. The fourth-order valence-electron chi connectivity index (χ4n) is 3.74. The van der Waals surface area contributed by atoms with Crippen molar-refractivity contribution in [1.29, 1.82) is 0 Å². The van der Waals surface area contributed by atoms with E-state index in [0.717, 1.165) is 44.1 Å². The van der Waals surface area contributed by atoms with E-state index in [2.05, 4.69) is 13.8 Å². The molecule has 1 rings (SSSR count). The zero-order valence-corrected chi connectivity index (χ0v) is 18.2. The summed E-state index contributed by atoms with van der Waals surface area (Å²) in [6.45, 7) is 4.31. The number of hydrogen-bond donors (Lipinski definition) is 1. The lowest BCUT2D eigenvalue weighted by atomic mass is 9.73. The molecule has 0 spiro atoms. The van der Waals surface area contributed by atoms with Gasteiger partial charge < -0.3 is 5.11 Å². The Balaban J connectivity index is 2.73. The van der Waals surface area contributed by atoms with Crippen LogP contribution in [-0.4, -0.2) is 38.4 Å². The van der Waals surface area contributed by atoms with E-state index in [4.69, 9.17) is 4.28 Å². The van der Waals surface area contributed by atoms with E-state index in [1.54, 1.807) is 14.1 Å². The number of aliphatic hydroxyl groups is 1. The van der Waals surface area contributed by atoms with Crippen molar-refractivity contribution >= 4 is 10.1 Å². The second kappa shape index (κ2) is 11.8. The molecule has 1 unspecified atom stereocenters. The van der Waals surface area contributed by atoms with Gasteiger partial charge in [-0.3, -0.25) is 0 Å². The van der Waals surface area contributed by atoms with Crippen LogP contribution in [-0.2, 0) is 20.0 Å². The van der Waals surface area contributed by atoms with Crippen LogP contribution in [0.4, 0.5) is 0 Å². The zero-order chi connectivity index (χ0) is 20.3. The fraction of sp³-hybridized carbons (Fsp3) is 0.714. The van der Waals surface area contributed by atoms with Crippen molar-refractivity contribution in [3.8, 4) is 0 Å². The predicted octanol–water partition coefficient (Wildman–Crippen LogP) is 4.47. The maximum absolute atomic E-state index is 11.8. The quantitative estimate of drug-likeness (QED) is 0.369. The topological polar surface area (TPSA) is 66.8 Å². The highest BCUT2D eigenvalue weighted by Gasteiger charge is 2.36. The molecule has 1 atom stereocenters. The van der Waals surface area contributed by atoms with Gasteiger partial charge in [0.05, 0.1) is 11.4 Å². The van der Waals surface area contributed by atoms with E-state index in [1.807, 2.05) is 30.3 Å². The smallest absolute Gasteiger partial charge is 0.283 e. The van der Waals surface area contributed by atoms with Crippen molar-refractivity contribution in [2.45, 2.75) is 70.8 Å². The van der Waals surface area contributed by atoms with Gasteiger partial charge >= 0.3 is 0 Å². The van der Waals surface area contributed by atoms with Crippen molar-refractivity contribution in [1.82, 2.24) is 5.06 Å². The van der Waals surface area contributed by atoms with Gasteiger partial charge in [-0.05, 0) is 37.2 Å². The molecule has 1 aromatic rings. The van der Waals surface area contributed by atoms with Gasteiger partial charge in [0.1, 0.15) is 0 Å². The molecule has 6 heteroatoms. The average molecular weight is 400 g/mol. The first kappa shape index (κ1) is 24.1. The first-order chi connectivity index (χ1) is 12.7. The molecular formula is C21H37NO4S. The van der Waals surface area contributed by atoms with Crippen LogP contribution < -0.4 is 0 Å². The maximum Gasteiger partial charge on any atom is 0.283 e. The molecule has 0 heterocycles. The molecule has 0 aliphatic carbocycles. The molecule has 1 N–H and O–H groups in total. The minimum atomic E-state index is -3.52. The minimum Gasteiger partial charge on any atom is -0.385 e. The zero-order valence-electron chi connectivity index (χ0n) is 17.4. The lowest BCUT2D eigenvalue weighted by Crippen LogP contribution is -2.35. The Labute approximate surface area is 165 Å². The predicted molar refractivity (Wildman–Crippen MR) is 111 cm³/mol. The largest absolute Gasteiger partial charge is 0.385 e. The van der Waals surface area contributed by atoms with Crippen LogP contribution in [0.1, 0.15) is 70.8 Å². The van der Waals surface area contributed by atoms with Crippen molar-refractivity contribution in [2.75, 3.05) is 19.8 Å². The van der Waals surface area contributed by atoms with Gasteiger partial charge in [0.2, 0.25) is 0 Å². The number of nitrogens with zero attached hydrogens (tertiary/aromatic N) is 1. The summed E-state index contributed by atoms with van der Waals surface area (Å²) in [4.78, 5) is 0. The number of hydrogen-bond acceptors (Lipinski definition) is 5. The summed E-state index contributed by atoms with van der Waals surface area (Å²) in [5, 5.41) is 12.8. The van der Waals surface area contributed by atoms with Gasteiger partial charge in [-0.15, -0.1) is 0 Å². The average Bonchev–Trinajstić information content (AvgIpc) is 2.60. The van der Waals surface area contributed by atoms with Crippen LogP contribution in [0.3, 0.4) is 0 Å². The summed E-state index contributed by atoms with van der Waals surface area (Å²) >= 11 is 0. The van der Waals surface area contributed by atoms with Crippen molar-refractivity contribution in [3.05, 3.63) is 35.9 Å². The Morgan fingerprint density at radius 1 is 1.04 bits per heavy atom. The van der Waals surface area contributed by atoms with Gasteiger partial charge in [0.15, 0.2) is 0 Å². The van der Waals surface area contributed by atoms with Gasteiger partial charge in [-0.25, -0.2) is 0 Å². The minimum absolute atomic E-state index is 0.00228. The summed E-state index contributed by atoms with van der Waals surface area (Å²) in [6.07, 6.45) is 6.78. The number of benzene rings is 1. The van der Waals surface area contributed by atoms with Gasteiger partial charge in [-0.2, -0.15) is 17.8 Å². The summed E-state index contributed by atoms with van der Waals surface area (Å²) in [6, 6.07) is 9.93. The molecule has 0 bridgehead atoms. The third-order valence-corrected chi connectivity index (χ3v) is 6.25. The van der Waals surface area contributed by atoms with Crippen LogP contribution >= 0.6 is 0 Å². The third kappa shape index (κ3) is 8.30. The van der Waals surface area contributed by atoms with E-state index in [9.17, 15) is 13.5 Å². The number of hydroxylamine groups is 2. The fourth-order valence-corrected chi connectivity index (χ4v) is 4.83. The molecule has 156 valence electrons. The second-order valence-corrected chi connectivity index (χ2v) is 9.20. The first-order valence-electron chi connectivity index (χ1n) is 10.1. The number of unbranched alkanes of at least 4 members (excludes halogenated alkanes) is 2. The van der Waals surface area contributed by atoms with Crippen LogP contribution in [0.2, 0.25) is 0 Å². The first-order valence-corrected chi connectivity index (χ1v) is 11.7. The van der Waals surface area contributed by atoms with Crippen LogP contribution in [0.25, 0.3) is 0 Å². The van der Waals surface area contributed by atoms with E-state index < -0.39 is 15.7 Å². The molecule has 0 saturated carbocycles. The SMILES string of the molecule is CCCC(CCC)C(O)(CCCCCS(=O)(=O)ON(C)C)c1ccccc1. The highest BCUT2D eigenvalue weighted by molar-refractivity contribution is 7.86. The van der Waals surface area contributed by atoms with Gasteiger partial charge in [0, 0.05) is 14.1 Å². The van der Waals surface area contributed by atoms with E-state index in [1.165, 1.54) is 5.06 Å². The Hall–Kier alpha value is -0.950. The van der Waals surface area contributed by atoms with Crippen molar-refractivity contribution < 1.29 is 17.8 Å². The molecule has 0 saturated heterocycles. The Kier molecular flexibility index (Phi) is 10.5. The summed E-state index contributed by atoms with van der Waals surface area (Å²) in [5.74, 6) is 0.221. The number of rotatable bonds is 14. The molecular weight excluding hydrogens is 362 g/mol. The summed E-state index contributed by atoms with van der Waals surface area (Å²) in [5.41, 5.74) is 0.118. The normalized spacial score (nSPS) is 14.6. The van der Waals surface area contributed by atoms with Gasteiger partial charge in [-0.1, -0.05) is 69.9 Å². The third-order valence-electron chi connectivity index (χ3n) is 4.94. The van der Waals surface area contributed by atoms with Crippen LogP contribution in [0.15, 0.2) is 30.3 Å². The molecule has 0 radical (unpaired) electrons. The Morgan fingerprint density at radius 3 is 2.15 bits per heavy atom. The molecule has 0 aromatic heterocycles. The summed E-state index contributed by atoms with van der Waals surface area (Å²) < 4.78 is 28.4. The maximum atomic E-state index is 11.8. The molecule has 27 heavy (non-hydrogen) atoms. The second-order valence-electron chi connectivity index (χ2n) is 7.52. The molecule has 1 aromatic carbocycles. The monoisotopic (exact) mass is 399 g/mol. The van der Waals surface area contributed by atoms with Crippen LogP contribution in [0.5, 0.6) is 0 Å². The highest BCUT2D eigenvalue weighted by atomic mass is 32.2. The Bertz CT molecular complexity index is 612. The highest BCUT2D eigenvalue weighted by Crippen LogP contribution is 2.40. The lowest BCUT2D eigenvalue weighted by molar-refractivity contribution is -0.0415. The molecule has 0 fully saturated rings. The molecule has 0 aliphatic heterocycles. The van der Waals surface area contributed by atoms with E-state index in [0.29, 0.717) is 12.8 Å². The molecule has 5 nitrogen and oxygen atoms in total. The van der Waals surface area contributed by atoms with Crippen LogP contribution in [0, 0.1) is 5.92 Å². The van der Waals surface area contributed by atoms with E-state index in [-0.39, 0.29) is 11.7 Å². The van der Waals surface area contributed by atoms with E-state index >= 15 is 0 Å². The van der Waals surface area contributed by atoms with Crippen molar-refractivity contribution in [3.63, 3.8) is 0 Å². The standard InChI is InChI=1S/C21H37NO4S/c1-5-13-19(14-6-2)21(23,20-15-9-7-10-16-20)17-11-8-12-18-27(24,25)26-22(3)4/h7,9-10,15-16,19,23H,5-6,8,11-14,17-18H2,1-4H3. The molecule has 0 amide bonds. The van der Waals surface area contributed by atoms with Gasteiger partial charge in [0.25, 0.3) is 10.1 Å². The van der Waals surface area contributed by atoms with Crippen molar-refractivity contribution in [2.24, 2.45) is 5.92 Å². The summed E-state index contributed by atoms with van der Waals surface area (Å²) in [7, 11) is -0.410.